The zero-order valence-electron chi connectivity index (χ0n) is 35.4. The fourth-order valence-electron chi connectivity index (χ4n) is 10.2. The van der Waals surface area contributed by atoms with Crippen LogP contribution < -0.4 is 30.9 Å². The molecule has 0 saturated heterocycles. The summed E-state index contributed by atoms with van der Waals surface area (Å²) in [4.78, 5) is 4.85. The monoisotopic (exact) mass is 812 g/mol. The van der Waals surface area contributed by atoms with E-state index in [9.17, 15) is 0 Å². The van der Waals surface area contributed by atoms with Crippen LogP contribution in [0, 0.1) is 6.92 Å². The van der Waals surface area contributed by atoms with E-state index in [2.05, 4.69) is 189 Å². The molecule has 4 heterocycles. The molecule has 0 N–H and O–H groups in total. The lowest BCUT2D eigenvalue weighted by Gasteiger charge is -2.41. The maximum absolute atomic E-state index is 6.94. The first-order valence-electron chi connectivity index (χ1n) is 21.8. The van der Waals surface area contributed by atoms with Crippen LogP contribution in [0.2, 0.25) is 0 Å². The highest BCUT2D eigenvalue weighted by atomic mass is 16.5. The van der Waals surface area contributed by atoms with Crippen molar-refractivity contribution < 1.29 is 13.6 Å². The Labute approximate surface area is 365 Å². The van der Waals surface area contributed by atoms with Gasteiger partial charge in [-0.1, -0.05) is 112 Å². The van der Waals surface area contributed by atoms with E-state index in [0.717, 1.165) is 101 Å². The molecular weight excluding hydrogens is 771 g/mol. The number of benzene rings is 9. The van der Waals surface area contributed by atoms with Crippen molar-refractivity contribution in [1.29, 1.82) is 0 Å². The first kappa shape index (κ1) is 36.0. The van der Waals surface area contributed by atoms with Gasteiger partial charge in [-0.3, -0.25) is 0 Å². The van der Waals surface area contributed by atoms with Gasteiger partial charge in [-0.25, -0.2) is 0 Å². The standard InChI is InChI=1S/C57H41BN2O3/c1-34-27-49-56-55(28-34)63-54-33-53-45(43-14-8-10-16-51(43)62-53)32-47(54)58(56)46-25-23-41(31-48(46)60(49)38-21-18-37(19-22-38)57(2,3)4)59(39-20-17-35-11-5-6-12-36(35)29-39)40-24-26-52-44(30-40)42-13-7-9-15-50(42)61-52/h5-33H,1-4H3. The molecule has 0 atom stereocenters. The van der Waals surface area contributed by atoms with Crippen molar-refractivity contribution >= 4 is 112 Å². The number of anilines is 6. The molecule has 63 heavy (non-hydrogen) atoms. The maximum atomic E-state index is 6.94. The molecule has 13 rings (SSSR count). The molecule has 2 aliphatic rings. The highest BCUT2D eigenvalue weighted by Gasteiger charge is 2.43. The average molecular weight is 813 g/mol. The summed E-state index contributed by atoms with van der Waals surface area (Å²) in [5.41, 5.74) is 15.9. The maximum Gasteiger partial charge on any atom is 0.256 e. The Hall–Kier alpha value is -7.70. The van der Waals surface area contributed by atoms with Crippen molar-refractivity contribution in [2.45, 2.75) is 33.1 Å². The Morgan fingerprint density at radius 1 is 0.476 bits per heavy atom. The van der Waals surface area contributed by atoms with Gasteiger partial charge in [-0.2, -0.15) is 0 Å². The van der Waals surface area contributed by atoms with Gasteiger partial charge < -0.3 is 23.4 Å². The van der Waals surface area contributed by atoms with Crippen molar-refractivity contribution in [2.24, 2.45) is 0 Å². The van der Waals surface area contributed by atoms with Crippen LogP contribution in [0.4, 0.5) is 34.1 Å². The Kier molecular flexibility index (Phi) is 7.52. The fraction of sp³-hybridized carbons (Fsp3) is 0.0877. The molecular formula is C57H41BN2O3. The second-order valence-corrected chi connectivity index (χ2v) is 18.2. The number of aryl methyl sites for hydroxylation is 1. The van der Waals surface area contributed by atoms with Crippen molar-refractivity contribution in [1.82, 2.24) is 0 Å². The van der Waals surface area contributed by atoms with Crippen LogP contribution in [0.5, 0.6) is 11.5 Å². The van der Waals surface area contributed by atoms with Gasteiger partial charge in [0, 0.05) is 61.7 Å². The van der Waals surface area contributed by atoms with Gasteiger partial charge in [0.15, 0.2) is 0 Å². The third-order valence-electron chi connectivity index (χ3n) is 13.3. The molecule has 11 aromatic rings. The van der Waals surface area contributed by atoms with Crippen LogP contribution in [0.25, 0.3) is 54.6 Å². The van der Waals surface area contributed by atoms with Crippen molar-refractivity contribution in [2.75, 3.05) is 9.80 Å². The summed E-state index contributed by atoms with van der Waals surface area (Å²) in [6.07, 6.45) is 0. The van der Waals surface area contributed by atoms with E-state index in [1.54, 1.807) is 0 Å². The van der Waals surface area contributed by atoms with Gasteiger partial charge in [-0.05, 0) is 129 Å². The number of fused-ring (bicyclic) bond motifs is 11. The van der Waals surface area contributed by atoms with Crippen LogP contribution in [0.15, 0.2) is 185 Å². The molecule has 5 nitrogen and oxygen atoms in total. The predicted molar refractivity (Wildman–Crippen MR) is 262 cm³/mol. The molecule has 0 aliphatic carbocycles. The SMILES string of the molecule is Cc1cc2c3c(c1)N(c1ccc(C(C)(C)C)cc1)c1cc(N(c4ccc5ccccc5c4)c4ccc5oc6ccccc6c5c4)ccc1B3c1cc3c(cc1O2)oc1ccccc13. The summed E-state index contributed by atoms with van der Waals surface area (Å²) in [5, 5.41) is 6.76. The predicted octanol–water partition coefficient (Wildman–Crippen LogP) is 14.1. The van der Waals surface area contributed by atoms with E-state index in [4.69, 9.17) is 13.6 Å². The van der Waals surface area contributed by atoms with Crippen LogP contribution >= 0.6 is 0 Å². The molecule has 0 unspecified atom stereocenters. The fourth-order valence-corrected chi connectivity index (χ4v) is 10.2. The summed E-state index contributed by atoms with van der Waals surface area (Å²) < 4.78 is 19.7. The Morgan fingerprint density at radius 3 is 1.89 bits per heavy atom. The van der Waals surface area contributed by atoms with E-state index in [-0.39, 0.29) is 12.1 Å². The topological polar surface area (TPSA) is 42.0 Å². The van der Waals surface area contributed by atoms with Crippen molar-refractivity contribution in [3.8, 4) is 11.5 Å². The molecule has 300 valence electrons. The molecule has 0 amide bonds. The lowest BCUT2D eigenvalue weighted by atomic mass is 9.34. The normalized spacial score (nSPS) is 13.1. The summed E-state index contributed by atoms with van der Waals surface area (Å²) in [6, 6.07) is 63.6. The van der Waals surface area contributed by atoms with E-state index in [0.29, 0.717) is 0 Å². The first-order chi connectivity index (χ1) is 30.7. The summed E-state index contributed by atoms with van der Waals surface area (Å²) >= 11 is 0. The Bertz CT molecular complexity index is 3690. The molecule has 9 aromatic carbocycles. The van der Waals surface area contributed by atoms with Crippen LogP contribution in [0.3, 0.4) is 0 Å². The van der Waals surface area contributed by atoms with Gasteiger partial charge in [0.05, 0.1) is 0 Å². The average Bonchev–Trinajstić information content (AvgIpc) is 3.85. The minimum atomic E-state index is -0.0886. The summed E-state index contributed by atoms with van der Waals surface area (Å²) in [7, 11) is 0. The lowest BCUT2D eigenvalue weighted by Crippen LogP contribution is -2.59. The second-order valence-electron chi connectivity index (χ2n) is 18.2. The summed E-state index contributed by atoms with van der Waals surface area (Å²) in [6.45, 7) is 8.88. The smallest absolute Gasteiger partial charge is 0.256 e. The number of rotatable bonds is 4. The third-order valence-corrected chi connectivity index (χ3v) is 13.3. The quantitative estimate of drug-likeness (QED) is 0.166. The van der Waals surface area contributed by atoms with Crippen molar-refractivity contribution in [3.05, 3.63) is 187 Å². The molecule has 0 radical (unpaired) electrons. The molecule has 0 spiro atoms. The van der Waals surface area contributed by atoms with Gasteiger partial charge in [0.2, 0.25) is 0 Å². The molecule has 0 bridgehead atoms. The number of furan rings is 2. The molecule has 0 saturated carbocycles. The highest BCUT2D eigenvalue weighted by Crippen LogP contribution is 2.46. The molecule has 2 aliphatic heterocycles. The summed E-state index contributed by atoms with van der Waals surface area (Å²) in [5.74, 6) is 1.70. The first-order valence-corrected chi connectivity index (χ1v) is 21.8. The van der Waals surface area contributed by atoms with Gasteiger partial charge in [0.1, 0.15) is 33.8 Å². The number of para-hydroxylation sites is 2. The number of ether oxygens (including phenoxy) is 1. The van der Waals surface area contributed by atoms with E-state index < -0.39 is 0 Å². The third kappa shape index (κ3) is 5.50. The number of nitrogens with zero attached hydrogens (tertiary/aromatic N) is 2. The minimum absolute atomic E-state index is 0.0149. The van der Waals surface area contributed by atoms with Gasteiger partial charge in [0.25, 0.3) is 6.71 Å². The Morgan fingerprint density at radius 2 is 1.11 bits per heavy atom. The Balaban J connectivity index is 1.08. The highest BCUT2D eigenvalue weighted by molar-refractivity contribution is 6.99. The lowest BCUT2D eigenvalue weighted by molar-refractivity contribution is 0.486. The van der Waals surface area contributed by atoms with Gasteiger partial charge in [-0.15, -0.1) is 0 Å². The zero-order chi connectivity index (χ0) is 42.1. The van der Waals surface area contributed by atoms with Crippen molar-refractivity contribution in [3.63, 3.8) is 0 Å². The van der Waals surface area contributed by atoms with E-state index in [1.165, 1.54) is 27.3 Å². The van der Waals surface area contributed by atoms with E-state index in [1.807, 2.05) is 24.3 Å². The van der Waals surface area contributed by atoms with Crippen LogP contribution in [0.1, 0.15) is 31.9 Å². The molecule has 2 aromatic heterocycles. The molecule has 0 fully saturated rings. The minimum Gasteiger partial charge on any atom is -0.458 e. The van der Waals surface area contributed by atoms with Crippen LogP contribution in [-0.4, -0.2) is 6.71 Å². The van der Waals surface area contributed by atoms with E-state index >= 15 is 0 Å². The number of hydrogen-bond acceptors (Lipinski definition) is 5. The molecule has 6 heteroatoms. The van der Waals surface area contributed by atoms with Crippen LogP contribution in [-0.2, 0) is 5.41 Å². The second kappa shape index (κ2) is 13.2. The largest absolute Gasteiger partial charge is 0.458 e. The van der Waals surface area contributed by atoms with Gasteiger partial charge >= 0.3 is 0 Å². The number of hydrogen-bond donors (Lipinski definition) is 0. The zero-order valence-corrected chi connectivity index (χ0v) is 35.4.